The monoisotopic (exact) mass is 338 g/mol. The molecule has 6 nitrogen and oxygen atoms in total. The Balaban J connectivity index is 1.68. The van der Waals surface area contributed by atoms with Crippen LogP contribution in [0.5, 0.6) is 5.75 Å². The number of methoxy groups -OCH3 is 1. The molecule has 0 spiro atoms. The van der Waals surface area contributed by atoms with Crippen molar-refractivity contribution >= 4 is 17.7 Å². The van der Waals surface area contributed by atoms with Crippen LogP contribution in [-0.4, -0.2) is 29.4 Å². The standard InChI is InChI=1S/C19H18N2O4/c1-25-18-8-5-15-10-11-20(13-16(15)12-18)19(22)9-4-14-2-6-17(7-3-14)21(23)24/h2-9,12H,10-11,13H2,1H3. The number of nitro benzene ring substituents is 1. The number of amides is 1. The molecule has 1 heterocycles. The molecule has 0 aliphatic carbocycles. The first-order valence-corrected chi connectivity index (χ1v) is 7.94. The molecule has 1 aliphatic heterocycles. The number of hydrogen-bond donors (Lipinski definition) is 0. The van der Waals surface area contributed by atoms with Gasteiger partial charge in [0.1, 0.15) is 5.75 Å². The Morgan fingerprint density at radius 1 is 1.20 bits per heavy atom. The molecule has 0 N–H and O–H groups in total. The Kier molecular flexibility index (Phi) is 4.79. The van der Waals surface area contributed by atoms with Crippen LogP contribution in [0.15, 0.2) is 48.5 Å². The fourth-order valence-corrected chi connectivity index (χ4v) is 2.83. The number of nitrogens with zero attached hydrogens (tertiary/aromatic N) is 2. The summed E-state index contributed by atoms with van der Waals surface area (Å²) in [7, 11) is 1.63. The number of benzene rings is 2. The largest absolute Gasteiger partial charge is 0.497 e. The number of carbonyl (C=O) groups is 1. The Morgan fingerprint density at radius 3 is 2.64 bits per heavy atom. The van der Waals surface area contributed by atoms with Gasteiger partial charge in [-0.2, -0.15) is 0 Å². The van der Waals surface area contributed by atoms with E-state index in [1.807, 2.05) is 18.2 Å². The zero-order valence-electron chi connectivity index (χ0n) is 13.8. The van der Waals surface area contributed by atoms with Gasteiger partial charge in [-0.15, -0.1) is 0 Å². The molecule has 0 fully saturated rings. The molecule has 0 saturated carbocycles. The van der Waals surface area contributed by atoms with Gasteiger partial charge in [-0.25, -0.2) is 0 Å². The van der Waals surface area contributed by atoms with Gasteiger partial charge in [-0.1, -0.05) is 6.07 Å². The van der Waals surface area contributed by atoms with E-state index in [0.29, 0.717) is 13.1 Å². The van der Waals surface area contributed by atoms with Crippen molar-refractivity contribution in [1.29, 1.82) is 0 Å². The van der Waals surface area contributed by atoms with Crippen LogP contribution in [-0.2, 0) is 17.8 Å². The number of fused-ring (bicyclic) bond motifs is 1. The zero-order chi connectivity index (χ0) is 17.8. The molecule has 1 amide bonds. The van der Waals surface area contributed by atoms with Gasteiger partial charge in [0.25, 0.3) is 5.69 Å². The highest BCUT2D eigenvalue weighted by atomic mass is 16.6. The van der Waals surface area contributed by atoms with E-state index in [2.05, 4.69) is 0 Å². The second-order valence-corrected chi connectivity index (χ2v) is 5.83. The second kappa shape index (κ2) is 7.17. The van der Waals surface area contributed by atoms with Crippen LogP contribution in [0.4, 0.5) is 5.69 Å². The van der Waals surface area contributed by atoms with Crippen LogP contribution in [0.1, 0.15) is 16.7 Å². The van der Waals surface area contributed by atoms with E-state index in [1.165, 1.54) is 23.8 Å². The van der Waals surface area contributed by atoms with Gasteiger partial charge in [-0.3, -0.25) is 14.9 Å². The highest BCUT2D eigenvalue weighted by Crippen LogP contribution is 2.24. The first-order chi connectivity index (χ1) is 12.1. The van der Waals surface area contributed by atoms with E-state index in [-0.39, 0.29) is 11.6 Å². The molecule has 0 aromatic heterocycles. The zero-order valence-corrected chi connectivity index (χ0v) is 13.8. The van der Waals surface area contributed by atoms with Gasteiger partial charge in [0.2, 0.25) is 5.91 Å². The van der Waals surface area contributed by atoms with Gasteiger partial charge in [0.05, 0.1) is 12.0 Å². The number of ether oxygens (including phenoxy) is 1. The average Bonchev–Trinajstić information content (AvgIpc) is 2.65. The maximum absolute atomic E-state index is 12.4. The molecule has 0 saturated heterocycles. The summed E-state index contributed by atoms with van der Waals surface area (Å²) in [6.45, 7) is 1.22. The quantitative estimate of drug-likeness (QED) is 0.487. The van der Waals surface area contributed by atoms with Crippen molar-refractivity contribution in [2.45, 2.75) is 13.0 Å². The van der Waals surface area contributed by atoms with Crippen molar-refractivity contribution in [3.05, 3.63) is 75.3 Å². The number of nitro groups is 1. The lowest BCUT2D eigenvalue weighted by Gasteiger charge is -2.28. The molecule has 6 heteroatoms. The summed E-state index contributed by atoms with van der Waals surface area (Å²) < 4.78 is 5.24. The summed E-state index contributed by atoms with van der Waals surface area (Å²) in [5.41, 5.74) is 3.12. The minimum atomic E-state index is -0.446. The van der Waals surface area contributed by atoms with Crippen molar-refractivity contribution < 1.29 is 14.5 Å². The fourth-order valence-electron chi connectivity index (χ4n) is 2.83. The Bertz CT molecular complexity index is 828. The minimum absolute atomic E-state index is 0.0325. The van der Waals surface area contributed by atoms with Crippen LogP contribution in [0, 0.1) is 10.1 Å². The van der Waals surface area contributed by atoms with Gasteiger partial charge in [-0.05, 0) is 53.5 Å². The molecule has 2 aromatic rings. The van der Waals surface area contributed by atoms with E-state index in [4.69, 9.17) is 4.74 Å². The van der Waals surface area contributed by atoms with Crippen molar-refractivity contribution in [3.8, 4) is 5.75 Å². The topological polar surface area (TPSA) is 72.7 Å². The molecular formula is C19H18N2O4. The van der Waals surface area contributed by atoms with Crippen LogP contribution in [0.3, 0.4) is 0 Å². The number of carbonyl (C=O) groups excluding carboxylic acids is 1. The first-order valence-electron chi connectivity index (χ1n) is 7.94. The summed E-state index contributed by atoms with van der Waals surface area (Å²) >= 11 is 0. The number of hydrogen-bond acceptors (Lipinski definition) is 4. The predicted octanol–water partition coefficient (Wildman–Crippen LogP) is 3.20. The molecular weight excluding hydrogens is 320 g/mol. The lowest BCUT2D eigenvalue weighted by molar-refractivity contribution is -0.384. The second-order valence-electron chi connectivity index (χ2n) is 5.83. The third kappa shape index (κ3) is 3.85. The van der Waals surface area contributed by atoms with Crippen molar-refractivity contribution in [2.24, 2.45) is 0 Å². The summed E-state index contributed by atoms with van der Waals surface area (Å²) in [4.78, 5) is 24.4. The SMILES string of the molecule is COc1ccc2c(c1)CN(C(=O)C=Cc1ccc([N+](=O)[O-])cc1)CC2. The summed E-state index contributed by atoms with van der Waals surface area (Å²) in [5.74, 6) is 0.710. The van der Waals surface area contributed by atoms with E-state index >= 15 is 0 Å². The maximum Gasteiger partial charge on any atom is 0.269 e. The third-order valence-corrected chi connectivity index (χ3v) is 4.26. The molecule has 1 aliphatic rings. The molecule has 2 aromatic carbocycles. The lowest BCUT2D eigenvalue weighted by atomic mass is 9.99. The molecule has 0 bridgehead atoms. The Labute approximate surface area is 145 Å². The molecule has 3 rings (SSSR count). The highest BCUT2D eigenvalue weighted by molar-refractivity contribution is 5.92. The molecule has 0 unspecified atom stereocenters. The van der Waals surface area contributed by atoms with Crippen LogP contribution >= 0.6 is 0 Å². The van der Waals surface area contributed by atoms with Crippen molar-refractivity contribution in [3.63, 3.8) is 0 Å². The molecule has 0 radical (unpaired) electrons. The van der Waals surface area contributed by atoms with E-state index in [1.54, 1.807) is 30.2 Å². The van der Waals surface area contributed by atoms with E-state index in [9.17, 15) is 14.9 Å². The van der Waals surface area contributed by atoms with Crippen molar-refractivity contribution in [2.75, 3.05) is 13.7 Å². The van der Waals surface area contributed by atoms with Crippen LogP contribution < -0.4 is 4.74 Å². The lowest BCUT2D eigenvalue weighted by Crippen LogP contribution is -2.34. The number of rotatable bonds is 4. The Morgan fingerprint density at radius 2 is 1.96 bits per heavy atom. The van der Waals surface area contributed by atoms with E-state index < -0.39 is 4.92 Å². The molecule has 0 atom stereocenters. The van der Waals surface area contributed by atoms with Crippen LogP contribution in [0.25, 0.3) is 6.08 Å². The fraction of sp³-hybridized carbons (Fsp3) is 0.211. The first kappa shape index (κ1) is 16.7. The normalized spacial score (nSPS) is 13.6. The average molecular weight is 338 g/mol. The summed E-state index contributed by atoms with van der Waals surface area (Å²) in [6.07, 6.45) is 4.00. The van der Waals surface area contributed by atoms with Gasteiger partial charge in [0, 0.05) is 31.3 Å². The smallest absolute Gasteiger partial charge is 0.269 e. The molecule has 25 heavy (non-hydrogen) atoms. The van der Waals surface area contributed by atoms with Gasteiger partial charge >= 0.3 is 0 Å². The van der Waals surface area contributed by atoms with Gasteiger partial charge < -0.3 is 9.64 Å². The highest BCUT2D eigenvalue weighted by Gasteiger charge is 2.19. The Hall–Kier alpha value is -3.15. The minimum Gasteiger partial charge on any atom is -0.497 e. The molecule has 128 valence electrons. The van der Waals surface area contributed by atoms with Crippen LogP contribution in [0.2, 0.25) is 0 Å². The third-order valence-electron chi connectivity index (χ3n) is 4.26. The van der Waals surface area contributed by atoms with Crippen molar-refractivity contribution in [1.82, 2.24) is 4.90 Å². The summed E-state index contributed by atoms with van der Waals surface area (Å²) in [6, 6.07) is 12.0. The van der Waals surface area contributed by atoms with E-state index in [0.717, 1.165) is 23.3 Å². The predicted molar refractivity (Wildman–Crippen MR) is 94.2 cm³/mol. The summed E-state index contributed by atoms with van der Waals surface area (Å²) in [5, 5.41) is 10.6. The maximum atomic E-state index is 12.4. The van der Waals surface area contributed by atoms with Gasteiger partial charge in [0.15, 0.2) is 0 Å². The number of non-ortho nitro benzene ring substituents is 1.